The van der Waals surface area contributed by atoms with Crippen LogP contribution in [0.1, 0.15) is 29.9 Å². The quantitative estimate of drug-likeness (QED) is 0.357. The van der Waals surface area contributed by atoms with Gasteiger partial charge in [-0.05, 0) is 41.8 Å². The molecular weight excluding hydrogens is 265 g/mol. The molecule has 0 aliphatic heterocycles. The molecule has 0 saturated carbocycles. The fourth-order valence-corrected chi connectivity index (χ4v) is 1.70. The van der Waals surface area contributed by atoms with Gasteiger partial charge in [0.2, 0.25) is 17.6 Å². The number of hydrogen-bond donors (Lipinski definition) is 0. The van der Waals surface area contributed by atoms with Gasteiger partial charge in [0, 0.05) is 12.5 Å². The average molecular weight is 277 g/mol. The van der Waals surface area contributed by atoms with Gasteiger partial charge in [0.05, 0.1) is 0 Å². The van der Waals surface area contributed by atoms with Crippen LogP contribution in [0.15, 0.2) is 33.8 Å². The lowest BCUT2D eigenvalue weighted by atomic mass is 10.2. The molecule has 0 aliphatic carbocycles. The van der Waals surface area contributed by atoms with Gasteiger partial charge in [-0.15, -0.1) is 0 Å². The highest BCUT2D eigenvalue weighted by atomic mass is 19.1. The Morgan fingerprint density at radius 2 is 2.05 bits per heavy atom. The van der Waals surface area contributed by atoms with Crippen molar-refractivity contribution in [3.8, 4) is 0 Å². The van der Waals surface area contributed by atoms with Crippen molar-refractivity contribution in [2.75, 3.05) is 0 Å². The maximum atomic E-state index is 12.8. The molecule has 2 aromatic rings. The molecule has 0 bridgehead atoms. The second-order valence-corrected chi connectivity index (χ2v) is 4.20. The number of nitrogens with zero attached hydrogens (tertiary/aromatic N) is 3. The normalized spacial score (nSPS) is 11.7. The Labute approximate surface area is 114 Å². The summed E-state index contributed by atoms with van der Waals surface area (Å²) in [5.41, 5.74) is 0.839. The molecule has 0 N–H and O–H groups in total. The van der Waals surface area contributed by atoms with E-state index in [0.29, 0.717) is 0 Å². The summed E-state index contributed by atoms with van der Waals surface area (Å²) in [6.45, 7) is 2.79. The SMILES string of the molecule is CC(=O)c1c(/N=C(/C)[O-])on[n+]1Cc1ccc(F)cc1. The van der Waals surface area contributed by atoms with Crippen molar-refractivity contribution in [1.29, 1.82) is 0 Å². The second-order valence-electron chi connectivity index (χ2n) is 4.20. The van der Waals surface area contributed by atoms with Crippen LogP contribution in [0, 0.1) is 5.82 Å². The van der Waals surface area contributed by atoms with Gasteiger partial charge in [-0.1, -0.05) is 0 Å². The predicted octanol–water partition coefficient (Wildman–Crippen LogP) is 0.762. The first-order chi connectivity index (χ1) is 9.47. The highest BCUT2D eigenvalue weighted by Gasteiger charge is 2.28. The van der Waals surface area contributed by atoms with E-state index in [1.54, 1.807) is 12.1 Å². The Morgan fingerprint density at radius 1 is 1.40 bits per heavy atom. The summed E-state index contributed by atoms with van der Waals surface area (Å²) in [4.78, 5) is 15.2. The number of ketones is 1. The molecule has 20 heavy (non-hydrogen) atoms. The summed E-state index contributed by atoms with van der Waals surface area (Å²) in [5, 5.41) is 14.7. The molecule has 0 fully saturated rings. The minimum Gasteiger partial charge on any atom is -0.862 e. The van der Waals surface area contributed by atoms with Gasteiger partial charge in [-0.25, -0.2) is 9.38 Å². The van der Waals surface area contributed by atoms with Gasteiger partial charge in [-0.3, -0.25) is 9.32 Å². The number of benzene rings is 1. The molecule has 1 aromatic heterocycles. The number of halogens is 1. The van der Waals surface area contributed by atoms with Crippen LogP contribution in [0.3, 0.4) is 0 Å². The van der Waals surface area contributed by atoms with Gasteiger partial charge < -0.3 is 5.11 Å². The molecule has 0 spiro atoms. The number of aromatic nitrogens is 2. The van der Waals surface area contributed by atoms with Gasteiger partial charge >= 0.3 is 11.6 Å². The van der Waals surface area contributed by atoms with Crippen LogP contribution in [0.4, 0.5) is 10.3 Å². The minimum absolute atomic E-state index is 0.101. The summed E-state index contributed by atoms with van der Waals surface area (Å²) < 4.78 is 19.0. The molecule has 0 aliphatic rings. The second kappa shape index (κ2) is 5.60. The molecule has 104 valence electrons. The lowest BCUT2D eigenvalue weighted by Crippen LogP contribution is -2.41. The van der Waals surface area contributed by atoms with Crippen molar-refractivity contribution in [2.24, 2.45) is 4.99 Å². The number of carbonyl (C=O) groups excluding carboxylic acids is 1. The molecule has 6 nitrogen and oxygen atoms in total. The molecule has 0 saturated heterocycles. The molecular formula is C13H12FN3O3. The van der Waals surface area contributed by atoms with Crippen molar-refractivity contribution in [2.45, 2.75) is 20.4 Å². The molecule has 0 radical (unpaired) electrons. The zero-order valence-electron chi connectivity index (χ0n) is 11.0. The molecule has 1 heterocycles. The number of aliphatic imine (C=N–C) groups is 1. The van der Waals surface area contributed by atoms with Crippen molar-refractivity contribution >= 4 is 17.6 Å². The minimum atomic E-state index is -0.488. The van der Waals surface area contributed by atoms with E-state index in [4.69, 9.17) is 4.52 Å². The predicted molar refractivity (Wildman–Crippen MR) is 65.0 cm³/mol. The van der Waals surface area contributed by atoms with Crippen molar-refractivity contribution in [1.82, 2.24) is 5.27 Å². The number of hydrogen-bond acceptors (Lipinski definition) is 5. The molecule has 1 aromatic carbocycles. The molecule has 2 rings (SSSR count). The van der Waals surface area contributed by atoms with Crippen molar-refractivity contribution < 1.29 is 23.5 Å². The third kappa shape index (κ3) is 3.05. The lowest BCUT2D eigenvalue weighted by molar-refractivity contribution is -0.756. The van der Waals surface area contributed by atoms with E-state index in [2.05, 4.69) is 10.3 Å². The average Bonchev–Trinajstić information content (AvgIpc) is 2.74. The fourth-order valence-electron chi connectivity index (χ4n) is 1.70. The molecule has 0 unspecified atom stereocenters. The van der Waals surface area contributed by atoms with E-state index in [1.807, 2.05) is 0 Å². The Kier molecular flexibility index (Phi) is 3.88. The molecule has 0 atom stereocenters. The van der Waals surface area contributed by atoms with Crippen molar-refractivity contribution in [3.05, 3.63) is 41.3 Å². The topological polar surface area (TPSA) is 82.4 Å². The van der Waals surface area contributed by atoms with E-state index in [-0.39, 0.29) is 29.7 Å². The van der Waals surface area contributed by atoms with Crippen LogP contribution >= 0.6 is 0 Å². The first kappa shape index (κ1) is 13.9. The molecule has 0 amide bonds. The lowest BCUT2D eigenvalue weighted by Gasteiger charge is -1.98. The zero-order valence-corrected chi connectivity index (χ0v) is 11.0. The fraction of sp³-hybridized carbons (Fsp3) is 0.231. The van der Waals surface area contributed by atoms with Crippen LogP contribution in [0.5, 0.6) is 0 Å². The van der Waals surface area contributed by atoms with Crippen LogP contribution in [0.25, 0.3) is 0 Å². The summed E-state index contributed by atoms with van der Waals surface area (Å²) in [5.74, 6) is -1.28. The Balaban J connectivity index is 2.37. The van der Waals surface area contributed by atoms with Gasteiger partial charge in [0.15, 0.2) is 0 Å². The zero-order chi connectivity index (χ0) is 14.7. The highest BCUT2D eigenvalue weighted by molar-refractivity contribution is 5.94. The number of Topliss-reactive ketones (excluding diaryl/α,β-unsaturated/α-hetero) is 1. The number of rotatable bonds is 4. The van der Waals surface area contributed by atoms with Crippen LogP contribution in [-0.4, -0.2) is 17.0 Å². The van der Waals surface area contributed by atoms with E-state index in [9.17, 15) is 14.3 Å². The summed E-state index contributed by atoms with van der Waals surface area (Å²) >= 11 is 0. The highest BCUT2D eigenvalue weighted by Crippen LogP contribution is 2.15. The van der Waals surface area contributed by atoms with Gasteiger partial charge in [-0.2, -0.15) is 0 Å². The van der Waals surface area contributed by atoms with Crippen LogP contribution in [-0.2, 0) is 6.54 Å². The van der Waals surface area contributed by atoms with E-state index in [0.717, 1.165) is 5.56 Å². The largest absolute Gasteiger partial charge is 0.862 e. The maximum Gasteiger partial charge on any atom is 0.342 e. The molecule has 7 heteroatoms. The van der Waals surface area contributed by atoms with Gasteiger partial charge in [0.1, 0.15) is 5.82 Å². The van der Waals surface area contributed by atoms with Crippen molar-refractivity contribution in [3.63, 3.8) is 0 Å². The van der Waals surface area contributed by atoms with Crippen LogP contribution in [0.2, 0.25) is 0 Å². The van der Waals surface area contributed by atoms with E-state index >= 15 is 0 Å². The Morgan fingerprint density at radius 3 is 2.60 bits per heavy atom. The first-order valence-electron chi connectivity index (χ1n) is 5.85. The standard InChI is InChI=1S/C13H12FN3O3/c1-8(18)12-13(15-9(2)19)20-16-17(12)7-10-3-5-11(14)6-4-10/h3-6H,7H2,1-2H3. The summed E-state index contributed by atoms with van der Waals surface area (Å²) in [7, 11) is 0. The monoisotopic (exact) mass is 277 g/mol. The van der Waals surface area contributed by atoms with Crippen LogP contribution < -0.4 is 9.79 Å². The number of carbonyl (C=O) groups is 1. The smallest absolute Gasteiger partial charge is 0.342 e. The van der Waals surface area contributed by atoms with E-state index in [1.165, 1.54) is 30.7 Å². The maximum absolute atomic E-state index is 12.8. The Hall–Kier alpha value is -2.57. The first-order valence-corrected chi connectivity index (χ1v) is 5.85. The Bertz CT molecular complexity index is 658. The van der Waals surface area contributed by atoms with Gasteiger partial charge in [0.25, 0.3) is 0 Å². The summed E-state index contributed by atoms with van der Waals surface area (Å²) in [6, 6.07) is 5.76. The van der Waals surface area contributed by atoms with E-state index < -0.39 is 5.90 Å². The third-order valence-corrected chi connectivity index (χ3v) is 2.52. The third-order valence-electron chi connectivity index (χ3n) is 2.52. The summed E-state index contributed by atoms with van der Waals surface area (Å²) in [6.07, 6.45) is 0.